The van der Waals surface area contributed by atoms with Gasteiger partial charge >= 0.3 is 0 Å². The van der Waals surface area contributed by atoms with Crippen molar-refractivity contribution in [2.75, 3.05) is 36.4 Å². The molecule has 5 nitrogen and oxygen atoms in total. The summed E-state index contributed by atoms with van der Waals surface area (Å²) < 4.78 is 0. The Kier molecular flexibility index (Phi) is 7.10. The van der Waals surface area contributed by atoms with E-state index in [-0.39, 0.29) is 11.8 Å². The van der Waals surface area contributed by atoms with E-state index in [1.807, 2.05) is 78.6 Å². The standard InChI is InChI=1S/C27H26ClN3O2/c1-20-7-5-6-10-23(20)27(33)29-22-12-13-25(24(28)19-22)30-15-17-31(18-16-30)26(32)14-11-21-8-3-2-4-9-21/h2-14,19H,15-18H2,1H3,(H,29,33)/b14-11+. The molecule has 0 bridgehead atoms. The molecular formula is C27H26ClN3O2. The monoisotopic (exact) mass is 459 g/mol. The predicted octanol–water partition coefficient (Wildman–Crippen LogP) is 5.26. The molecule has 4 rings (SSSR count). The fourth-order valence-electron chi connectivity index (χ4n) is 3.87. The molecule has 0 saturated carbocycles. The third-order valence-electron chi connectivity index (χ3n) is 5.75. The van der Waals surface area contributed by atoms with E-state index in [0.717, 1.165) is 16.8 Å². The SMILES string of the molecule is Cc1ccccc1C(=O)Nc1ccc(N2CCN(C(=O)/C=C/c3ccccc3)CC2)c(Cl)c1. The summed E-state index contributed by atoms with van der Waals surface area (Å²) in [6.45, 7) is 4.55. The van der Waals surface area contributed by atoms with Crippen LogP contribution in [0.5, 0.6) is 0 Å². The number of benzene rings is 3. The Morgan fingerprint density at radius 1 is 0.909 bits per heavy atom. The number of piperazine rings is 1. The van der Waals surface area contributed by atoms with Crippen LogP contribution in [0.3, 0.4) is 0 Å². The van der Waals surface area contributed by atoms with Crippen molar-refractivity contribution in [3.63, 3.8) is 0 Å². The third kappa shape index (κ3) is 5.62. The van der Waals surface area contributed by atoms with Crippen molar-refractivity contribution in [2.24, 2.45) is 0 Å². The summed E-state index contributed by atoms with van der Waals surface area (Å²) >= 11 is 6.56. The van der Waals surface area contributed by atoms with Gasteiger partial charge < -0.3 is 15.1 Å². The Balaban J connectivity index is 1.35. The van der Waals surface area contributed by atoms with Crippen molar-refractivity contribution in [1.29, 1.82) is 0 Å². The summed E-state index contributed by atoms with van der Waals surface area (Å²) in [6.07, 6.45) is 3.47. The van der Waals surface area contributed by atoms with Gasteiger partial charge in [-0.05, 0) is 48.4 Å². The number of hydrogen-bond acceptors (Lipinski definition) is 3. The fourth-order valence-corrected chi connectivity index (χ4v) is 4.17. The highest BCUT2D eigenvalue weighted by molar-refractivity contribution is 6.33. The summed E-state index contributed by atoms with van der Waals surface area (Å²) in [5.74, 6) is -0.147. The lowest BCUT2D eigenvalue weighted by atomic mass is 10.1. The normalized spacial score (nSPS) is 13.9. The van der Waals surface area contributed by atoms with Crippen LogP contribution in [-0.4, -0.2) is 42.9 Å². The Morgan fingerprint density at radius 3 is 2.30 bits per heavy atom. The Bertz CT molecular complexity index is 1170. The number of carbonyl (C=O) groups is 2. The number of hydrogen-bond donors (Lipinski definition) is 1. The lowest BCUT2D eigenvalue weighted by molar-refractivity contribution is -0.126. The number of anilines is 2. The first-order valence-corrected chi connectivity index (χ1v) is 11.3. The first-order chi connectivity index (χ1) is 16.0. The number of amides is 2. The molecule has 0 atom stereocenters. The van der Waals surface area contributed by atoms with E-state index in [0.29, 0.717) is 42.5 Å². The van der Waals surface area contributed by atoms with Crippen LogP contribution in [0.1, 0.15) is 21.5 Å². The van der Waals surface area contributed by atoms with Gasteiger partial charge in [-0.25, -0.2) is 0 Å². The van der Waals surface area contributed by atoms with Gasteiger partial charge in [0.2, 0.25) is 5.91 Å². The van der Waals surface area contributed by atoms with Gasteiger partial charge in [-0.1, -0.05) is 60.1 Å². The number of aryl methyl sites for hydroxylation is 1. The molecule has 1 saturated heterocycles. The van der Waals surface area contributed by atoms with Crippen molar-refractivity contribution in [2.45, 2.75) is 6.92 Å². The molecule has 3 aromatic carbocycles. The predicted molar refractivity (Wildman–Crippen MR) is 135 cm³/mol. The maximum atomic E-state index is 12.6. The molecule has 0 unspecified atom stereocenters. The molecule has 168 valence electrons. The number of nitrogens with zero attached hydrogens (tertiary/aromatic N) is 2. The van der Waals surface area contributed by atoms with Gasteiger partial charge in [-0.3, -0.25) is 9.59 Å². The van der Waals surface area contributed by atoms with Gasteiger partial charge in [0, 0.05) is 43.5 Å². The Hall–Kier alpha value is -3.57. The van der Waals surface area contributed by atoms with E-state index in [1.165, 1.54) is 0 Å². The zero-order chi connectivity index (χ0) is 23.2. The van der Waals surface area contributed by atoms with Gasteiger partial charge in [-0.2, -0.15) is 0 Å². The third-order valence-corrected chi connectivity index (χ3v) is 6.05. The number of carbonyl (C=O) groups excluding carboxylic acids is 2. The molecule has 6 heteroatoms. The number of rotatable bonds is 5. The van der Waals surface area contributed by atoms with Gasteiger partial charge in [0.15, 0.2) is 0 Å². The van der Waals surface area contributed by atoms with Crippen molar-refractivity contribution >= 4 is 40.9 Å². The maximum Gasteiger partial charge on any atom is 0.255 e. The fraction of sp³-hybridized carbons (Fsp3) is 0.185. The largest absolute Gasteiger partial charge is 0.367 e. The van der Waals surface area contributed by atoms with Gasteiger partial charge in [0.05, 0.1) is 10.7 Å². The van der Waals surface area contributed by atoms with Crippen LogP contribution in [-0.2, 0) is 4.79 Å². The van der Waals surface area contributed by atoms with E-state index in [2.05, 4.69) is 10.2 Å². The van der Waals surface area contributed by atoms with E-state index in [1.54, 1.807) is 18.2 Å². The second-order valence-electron chi connectivity index (χ2n) is 7.99. The molecule has 33 heavy (non-hydrogen) atoms. The molecule has 1 heterocycles. The van der Waals surface area contributed by atoms with Crippen LogP contribution in [0.2, 0.25) is 5.02 Å². The number of halogens is 1. The topological polar surface area (TPSA) is 52.7 Å². The van der Waals surface area contributed by atoms with E-state index in [4.69, 9.17) is 11.6 Å². The minimum Gasteiger partial charge on any atom is -0.367 e. The van der Waals surface area contributed by atoms with Crippen LogP contribution >= 0.6 is 11.6 Å². The van der Waals surface area contributed by atoms with Crippen molar-refractivity contribution in [3.05, 3.63) is 101 Å². The minimum absolute atomic E-state index is 0.0128. The first-order valence-electron chi connectivity index (χ1n) is 10.9. The van der Waals surface area contributed by atoms with Crippen LogP contribution in [0, 0.1) is 6.92 Å². The molecule has 0 aromatic heterocycles. The van der Waals surface area contributed by atoms with Gasteiger partial charge in [0.1, 0.15) is 0 Å². The summed E-state index contributed by atoms with van der Waals surface area (Å²) in [5.41, 5.74) is 4.11. The highest BCUT2D eigenvalue weighted by Crippen LogP contribution is 2.30. The lowest BCUT2D eigenvalue weighted by Crippen LogP contribution is -2.48. The first kappa shape index (κ1) is 22.6. The molecule has 2 amide bonds. The molecule has 0 radical (unpaired) electrons. The maximum absolute atomic E-state index is 12.6. The van der Waals surface area contributed by atoms with Gasteiger partial charge in [-0.15, -0.1) is 0 Å². The molecular weight excluding hydrogens is 434 g/mol. The van der Waals surface area contributed by atoms with Gasteiger partial charge in [0.25, 0.3) is 5.91 Å². The molecule has 1 fully saturated rings. The molecule has 1 N–H and O–H groups in total. The highest BCUT2D eigenvalue weighted by atomic mass is 35.5. The van der Waals surface area contributed by atoms with Crippen molar-refractivity contribution in [3.8, 4) is 0 Å². The van der Waals surface area contributed by atoms with E-state index in [9.17, 15) is 9.59 Å². The zero-order valence-corrected chi connectivity index (χ0v) is 19.3. The second kappa shape index (κ2) is 10.4. The second-order valence-corrected chi connectivity index (χ2v) is 8.40. The average molecular weight is 460 g/mol. The molecule has 3 aromatic rings. The van der Waals surface area contributed by atoms with Crippen LogP contribution < -0.4 is 10.2 Å². The number of nitrogens with one attached hydrogen (secondary N) is 1. The quantitative estimate of drug-likeness (QED) is 0.529. The van der Waals surface area contributed by atoms with Crippen LogP contribution in [0.15, 0.2) is 78.9 Å². The Labute approximate surface area is 199 Å². The molecule has 0 aliphatic carbocycles. The highest BCUT2D eigenvalue weighted by Gasteiger charge is 2.21. The summed E-state index contributed by atoms with van der Waals surface area (Å²) in [6, 6.07) is 22.8. The average Bonchev–Trinajstić information content (AvgIpc) is 2.84. The van der Waals surface area contributed by atoms with E-state index >= 15 is 0 Å². The summed E-state index contributed by atoms with van der Waals surface area (Å²) in [4.78, 5) is 29.1. The lowest BCUT2D eigenvalue weighted by Gasteiger charge is -2.36. The smallest absolute Gasteiger partial charge is 0.255 e. The molecule has 0 spiro atoms. The van der Waals surface area contributed by atoms with Crippen LogP contribution in [0.25, 0.3) is 6.08 Å². The molecule has 1 aliphatic rings. The zero-order valence-electron chi connectivity index (χ0n) is 18.5. The van der Waals surface area contributed by atoms with E-state index < -0.39 is 0 Å². The summed E-state index contributed by atoms with van der Waals surface area (Å²) in [5, 5.41) is 3.49. The van der Waals surface area contributed by atoms with Crippen molar-refractivity contribution in [1.82, 2.24) is 4.90 Å². The minimum atomic E-state index is -0.160. The molecule has 1 aliphatic heterocycles. The van der Waals surface area contributed by atoms with Crippen molar-refractivity contribution < 1.29 is 9.59 Å². The van der Waals surface area contributed by atoms with Crippen LogP contribution in [0.4, 0.5) is 11.4 Å². The summed E-state index contributed by atoms with van der Waals surface area (Å²) in [7, 11) is 0. The Morgan fingerprint density at radius 2 is 1.61 bits per heavy atom.